The maximum atomic E-state index is 4.46. The molecule has 2 aromatic rings. The van der Waals surface area contributed by atoms with Crippen LogP contribution in [0.3, 0.4) is 0 Å². The van der Waals surface area contributed by atoms with Crippen LogP contribution in [0.1, 0.15) is 109 Å². The van der Waals surface area contributed by atoms with Gasteiger partial charge in [-0.3, -0.25) is 4.98 Å². The fourth-order valence-electron chi connectivity index (χ4n) is 2.13. The van der Waals surface area contributed by atoms with E-state index in [1.54, 1.807) is 0 Å². The van der Waals surface area contributed by atoms with Gasteiger partial charge in [0.05, 0.1) is 0 Å². The van der Waals surface area contributed by atoms with Crippen molar-refractivity contribution < 1.29 is 0 Å². The van der Waals surface area contributed by atoms with Crippen molar-refractivity contribution in [3.63, 3.8) is 0 Å². The van der Waals surface area contributed by atoms with Crippen molar-refractivity contribution in [2.24, 2.45) is 0 Å². The lowest BCUT2D eigenvalue weighted by atomic mass is 10.0. The van der Waals surface area contributed by atoms with Crippen molar-refractivity contribution in [3.8, 4) is 0 Å². The maximum absolute atomic E-state index is 4.46. The zero-order valence-electron chi connectivity index (χ0n) is 16.5. The lowest BCUT2D eigenvalue weighted by Crippen LogP contribution is -2.01. The Balaban J connectivity index is 0.000000443. The average molecular weight is 344 g/mol. The first-order valence-electron chi connectivity index (χ1n) is 9.01. The highest BCUT2D eigenvalue weighted by molar-refractivity contribution is 5.21. The summed E-state index contributed by atoms with van der Waals surface area (Å²) in [5.41, 5.74) is 3.71. The van der Waals surface area contributed by atoms with Crippen molar-refractivity contribution in [2.75, 3.05) is 0 Å². The molecule has 0 N–H and O–H groups in total. The highest BCUT2D eigenvalue weighted by Crippen LogP contribution is 2.18. The van der Waals surface area contributed by atoms with Gasteiger partial charge in [-0.25, -0.2) is 9.97 Å². The summed E-state index contributed by atoms with van der Waals surface area (Å²) in [6, 6.07) is 6.28. The quantitative estimate of drug-likeness (QED) is 0.621. The van der Waals surface area contributed by atoms with E-state index >= 15 is 0 Å². The monoisotopic (exact) mass is 343 g/mol. The van der Waals surface area contributed by atoms with Crippen LogP contribution in [-0.2, 0) is 0 Å². The number of nitrogens with zero attached hydrogens (tertiary/aromatic N) is 3. The molecule has 0 amide bonds. The molecular formula is C22H37N3. The van der Waals surface area contributed by atoms with Gasteiger partial charge in [-0.1, -0.05) is 62.8 Å². The Bertz CT molecular complexity index is 514. The SMILES string of the molecule is C.CC(C)c1ccnc(C(C)C)c1.CC(C)c1ccnc(C(C)C)n1. The van der Waals surface area contributed by atoms with Crippen LogP contribution in [0, 0.1) is 0 Å². The predicted molar refractivity (Wildman–Crippen MR) is 109 cm³/mol. The molecule has 3 heteroatoms. The molecule has 0 fully saturated rings. The Kier molecular flexibility index (Phi) is 10.2. The fraction of sp³-hybridized carbons (Fsp3) is 0.591. The molecule has 0 aliphatic rings. The first kappa shape index (κ1) is 23.2. The molecule has 0 aliphatic heterocycles. The van der Waals surface area contributed by atoms with E-state index in [1.165, 1.54) is 11.3 Å². The van der Waals surface area contributed by atoms with Crippen LogP contribution in [0.2, 0.25) is 0 Å². The third-order valence-corrected chi connectivity index (χ3v) is 3.87. The second-order valence-corrected chi connectivity index (χ2v) is 7.47. The summed E-state index contributed by atoms with van der Waals surface area (Å²) in [5, 5.41) is 0. The van der Waals surface area contributed by atoms with Gasteiger partial charge in [0.15, 0.2) is 0 Å². The molecule has 3 nitrogen and oxygen atoms in total. The molecule has 0 radical (unpaired) electrons. The molecule has 2 rings (SSSR count). The van der Waals surface area contributed by atoms with Crippen LogP contribution in [-0.4, -0.2) is 15.0 Å². The number of rotatable bonds is 4. The van der Waals surface area contributed by atoms with Crippen LogP contribution >= 0.6 is 0 Å². The van der Waals surface area contributed by atoms with Gasteiger partial charge >= 0.3 is 0 Å². The van der Waals surface area contributed by atoms with Gasteiger partial charge in [-0.05, 0) is 41.5 Å². The van der Waals surface area contributed by atoms with Gasteiger partial charge in [0, 0.05) is 29.7 Å². The summed E-state index contributed by atoms with van der Waals surface area (Å²) in [6.07, 6.45) is 3.75. The molecule has 0 aromatic carbocycles. The second-order valence-electron chi connectivity index (χ2n) is 7.47. The number of pyridine rings is 1. The molecular weight excluding hydrogens is 306 g/mol. The molecule has 0 saturated carbocycles. The van der Waals surface area contributed by atoms with E-state index in [2.05, 4.69) is 82.5 Å². The van der Waals surface area contributed by atoms with Crippen molar-refractivity contribution >= 4 is 0 Å². The number of hydrogen-bond donors (Lipinski definition) is 0. The van der Waals surface area contributed by atoms with Gasteiger partial charge in [0.25, 0.3) is 0 Å². The first-order valence-corrected chi connectivity index (χ1v) is 9.01. The molecule has 25 heavy (non-hydrogen) atoms. The maximum Gasteiger partial charge on any atom is 0.131 e. The smallest absolute Gasteiger partial charge is 0.131 e. The zero-order valence-corrected chi connectivity index (χ0v) is 16.5. The zero-order chi connectivity index (χ0) is 18.3. The summed E-state index contributed by atoms with van der Waals surface area (Å²) in [5.74, 6) is 2.99. The van der Waals surface area contributed by atoms with Crippen LogP contribution < -0.4 is 0 Å². The van der Waals surface area contributed by atoms with Crippen molar-refractivity contribution in [1.29, 1.82) is 0 Å². The highest BCUT2D eigenvalue weighted by Gasteiger charge is 2.05. The molecule has 0 saturated heterocycles. The number of hydrogen-bond acceptors (Lipinski definition) is 3. The van der Waals surface area contributed by atoms with E-state index < -0.39 is 0 Å². The van der Waals surface area contributed by atoms with E-state index in [4.69, 9.17) is 0 Å². The van der Waals surface area contributed by atoms with Gasteiger partial charge in [-0.2, -0.15) is 0 Å². The molecule has 0 unspecified atom stereocenters. The van der Waals surface area contributed by atoms with Crippen molar-refractivity contribution in [3.05, 3.63) is 53.4 Å². The van der Waals surface area contributed by atoms with Gasteiger partial charge in [-0.15, -0.1) is 0 Å². The Hall–Kier alpha value is -1.77. The minimum Gasteiger partial charge on any atom is -0.261 e. The third-order valence-electron chi connectivity index (χ3n) is 3.87. The Labute approximate surface area is 155 Å². The molecule has 2 aromatic heterocycles. The van der Waals surface area contributed by atoms with E-state index in [0.717, 1.165) is 11.5 Å². The van der Waals surface area contributed by atoms with Crippen LogP contribution in [0.4, 0.5) is 0 Å². The Morgan fingerprint density at radius 3 is 1.68 bits per heavy atom. The molecule has 0 spiro atoms. The van der Waals surface area contributed by atoms with Crippen molar-refractivity contribution in [1.82, 2.24) is 15.0 Å². The van der Waals surface area contributed by atoms with E-state index in [-0.39, 0.29) is 7.43 Å². The fourth-order valence-corrected chi connectivity index (χ4v) is 2.13. The minimum absolute atomic E-state index is 0. The van der Waals surface area contributed by atoms with Crippen LogP contribution in [0.25, 0.3) is 0 Å². The summed E-state index contributed by atoms with van der Waals surface area (Å²) >= 11 is 0. The average Bonchev–Trinajstić information content (AvgIpc) is 2.55. The first-order chi connectivity index (χ1) is 11.2. The van der Waals surface area contributed by atoms with Gasteiger partial charge < -0.3 is 0 Å². The molecule has 2 heterocycles. The lowest BCUT2D eigenvalue weighted by Gasteiger charge is -2.08. The lowest BCUT2D eigenvalue weighted by molar-refractivity contribution is 0.729. The largest absolute Gasteiger partial charge is 0.261 e. The minimum atomic E-state index is 0. The summed E-state index contributed by atoms with van der Waals surface area (Å²) in [7, 11) is 0. The molecule has 0 aliphatic carbocycles. The van der Waals surface area contributed by atoms with Crippen LogP contribution in [0.15, 0.2) is 30.6 Å². The number of aromatic nitrogens is 3. The van der Waals surface area contributed by atoms with Crippen LogP contribution in [0.5, 0.6) is 0 Å². The summed E-state index contributed by atoms with van der Waals surface area (Å²) in [6.45, 7) is 17.3. The second kappa shape index (κ2) is 11.0. The van der Waals surface area contributed by atoms with Gasteiger partial charge in [0.2, 0.25) is 0 Å². The standard InChI is InChI=1S/C11H17N.C10H16N2.CH4/c1-8(2)10-5-6-12-11(7-10)9(3)4;1-7(2)9-5-6-11-10(12-9)8(3)4;/h5-9H,1-4H3;5-8H,1-4H3;1H4. The summed E-state index contributed by atoms with van der Waals surface area (Å²) in [4.78, 5) is 13.0. The molecule has 0 atom stereocenters. The van der Waals surface area contributed by atoms with E-state index in [1.807, 2.05) is 18.5 Å². The van der Waals surface area contributed by atoms with Gasteiger partial charge in [0.1, 0.15) is 5.82 Å². The summed E-state index contributed by atoms with van der Waals surface area (Å²) < 4.78 is 0. The highest BCUT2D eigenvalue weighted by atomic mass is 14.9. The third kappa shape index (κ3) is 7.76. The van der Waals surface area contributed by atoms with Crippen molar-refractivity contribution in [2.45, 2.75) is 86.5 Å². The van der Waals surface area contributed by atoms with E-state index in [9.17, 15) is 0 Å². The van der Waals surface area contributed by atoms with E-state index in [0.29, 0.717) is 23.7 Å². The Morgan fingerprint density at radius 1 is 0.640 bits per heavy atom. The Morgan fingerprint density at radius 2 is 1.20 bits per heavy atom. The topological polar surface area (TPSA) is 38.7 Å². The molecule has 140 valence electrons. The normalized spacial score (nSPS) is 10.7. The predicted octanol–water partition coefficient (Wildman–Crippen LogP) is 6.69. The molecule has 0 bridgehead atoms.